The van der Waals surface area contributed by atoms with Crippen LogP contribution < -0.4 is 10.6 Å². The molecule has 0 aliphatic heterocycles. The van der Waals surface area contributed by atoms with Crippen molar-refractivity contribution >= 4 is 29.9 Å². The van der Waals surface area contributed by atoms with Crippen molar-refractivity contribution in [1.82, 2.24) is 10.6 Å². The van der Waals surface area contributed by atoms with Crippen molar-refractivity contribution < 1.29 is 14.2 Å². The second-order valence-electron chi connectivity index (χ2n) is 6.16. The summed E-state index contributed by atoms with van der Waals surface area (Å²) in [6.45, 7) is 4.72. The van der Waals surface area contributed by atoms with E-state index in [4.69, 9.17) is 4.74 Å². The average Bonchev–Trinajstić information content (AvgIpc) is 3.37. The maximum atomic E-state index is 13.1. The van der Waals surface area contributed by atoms with Crippen molar-refractivity contribution in [2.45, 2.75) is 32.3 Å². The lowest BCUT2D eigenvalue weighted by atomic mass is 10.1. The van der Waals surface area contributed by atoms with Gasteiger partial charge in [0.15, 0.2) is 5.96 Å². The van der Waals surface area contributed by atoms with Crippen LogP contribution >= 0.6 is 24.0 Å². The smallest absolute Gasteiger partial charge is 0.191 e. The van der Waals surface area contributed by atoms with E-state index in [0.717, 1.165) is 18.7 Å². The fraction of sp³-hybridized carbons (Fsp3) is 0.611. The minimum Gasteiger partial charge on any atom is -0.389 e. The third-order valence-corrected chi connectivity index (χ3v) is 3.76. The molecule has 0 aromatic heterocycles. The fourth-order valence-corrected chi connectivity index (χ4v) is 2.26. The lowest BCUT2D eigenvalue weighted by Crippen LogP contribution is -2.39. The van der Waals surface area contributed by atoms with Gasteiger partial charge in [-0.2, -0.15) is 0 Å². The summed E-state index contributed by atoms with van der Waals surface area (Å²) in [6, 6.07) is 6.58. The van der Waals surface area contributed by atoms with Gasteiger partial charge in [0.25, 0.3) is 0 Å². The van der Waals surface area contributed by atoms with Crippen LogP contribution in [0.15, 0.2) is 29.3 Å². The van der Waals surface area contributed by atoms with E-state index in [9.17, 15) is 9.50 Å². The first-order chi connectivity index (χ1) is 11.7. The Morgan fingerprint density at radius 1 is 1.40 bits per heavy atom. The molecule has 5 nitrogen and oxygen atoms in total. The number of nitrogens with one attached hydrogen (secondary N) is 2. The highest BCUT2D eigenvalue weighted by Crippen LogP contribution is 2.28. The monoisotopic (exact) mass is 465 g/mol. The van der Waals surface area contributed by atoms with Gasteiger partial charge in [0, 0.05) is 19.7 Å². The summed E-state index contributed by atoms with van der Waals surface area (Å²) >= 11 is 0. The molecule has 1 aromatic carbocycles. The summed E-state index contributed by atoms with van der Waals surface area (Å²) < 4.78 is 18.6. The zero-order chi connectivity index (χ0) is 17.2. The van der Waals surface area contributed by atoms with Gasteiger partial charge in [0.1, 0.15) is 5.82 Å². The number of nitrogens with zero attached hydrogens (tertiary/aromatic N) is 1. The van der Waals surface area contributed by atoms with E-state index in [2.05, 4.69) is 15.6 Å². The molecule has 0 amide bonds. The zero-order valence-corrected chi connectivity index (χ0v) is 17.0. The maximum absolute atomic E-state index is 13.1. The van der Waals surface area contributed by atoms with Crippen LogP contribution in [0.5, 0.6) is 0 Å². The molecule has 2 rings (SSSR count). The van der Waals surface area contributed by atoms with Gasteiger partial charge in [-0.25, -0.2) is 4.39 Å². The van der Waals surface area contributed by atoms with Crippen molar-refractivity contribution in [3.63, 3.8) is 0 Å². The van der Waals surface area contributed by atoms with Gasteiger partial charge >= 0.3 is 0 Å². The number of aliphatic hydroxyl groups is 1. The molecular formula is C18H29FIN3O2. The van der Waals surface area contributed by atoms with Crippen LogP contribution in [0.2, 0.25) is 0 Å². The number of halogens is 2. The Labute approximate surface area is 166 Å². The summed E-state index contributed by atoms with van der Waals surface area (Å²) in [5.41, 5.74) is 0.937. The number of hydrogen-bond acceptors (Lipinski definition) is 3. The van der Waals surface area contributed by atoms with Crippen LogP contribution in [0, 0.1) is 11.7 Å². The van der Waals surface area contributed by atoms with Gasteiger partial charge in [-0.15, -0.1) is 24.0 Å². The van der Waals surface area contributed by atoms with Crippen molar-refractivity contribution in [2.24, 2.45) is 10.9 Å². The van der Waals surface area contributed by atoms with E-state index >= 15 is 0 Å². The molecule has 1 aliphatic carbocycles. The molecule has 0 heterocycles. The largest absolute Gasteiger partial charge is 0.389 e. The van der Waals surface area contributed by atoms with Crippen LogP contribution in [-0.2, 0) is 11.2 Å². The lowest BCUT2D eigenvalue weighted by molar-refractivity contribution is 0.0368. The Balaban J connectivity index is 0.00000312. The molecule has 1 aromatic rings. The minimum absolute atomic E-state index is 0. The van der Waals surface area contributed by atoms with Crippen LogP contribution in [0.25, 0.3) is 0 Å². The molecule has 1 atom stereocenters. The molecule has 3 N–H and O–H groups in total. The van der Waals surface area contributed by atoms with Gasteiger partial charge in [-0.3, -0.25) is 4.99 Å². The second-order valence-corrected chi connectivity index (χ2v) is 6.16. The van der Waals surface area contributed by atoms with Crippen molar-refractivity contribution in [3.05, 3.63) is 35.6 Å². The molecule has 0 bridgehead atoms. The van der Waals surface area contributed by atoms with Gasteiger partial charge < -0.3 is 20.5 Å². The number of guanidine groups is 1. The van der Waals surface area contributed by atoms with Crippen LogP contribution in [0.4, 0.5) is 4.39 Å². The molecular weight excluding hydrogens is 436 g/mol. The third-order valence-electron chi connectivity index (χ3n) is 3.76. The first-order valence-electron chi connectivity index (χ1n) is 8.69. The summed E-state index contributed by atoms with van der Waals surface area (Å²) in [5.74, 6) is 1.13. The summed E-state index contributed by atoms with van der Waals surface area (Å²) in [4.78, 5) is 4.37. The average molecular weight is 465 g/mol. The predicted molar refractivity (Wildman–Crippen MR) is 109 cm³/mol. The second kappa shape index (κ2) is 12.4. The first-order valence-corrected chi connectivity index (χ1v) is 8.69. The Morgan fingerprint density at radius 3 is 2.88 bits per heavy atom. The predicted octanol–water partition coefficient (Wildman–Crippen LogP) is 2.33. The minimum atomic E-state index is -0.595. The Bertz CT molecular complexity index is 527. The van der Waals surface area contributed by atoms with Crippen molar-refractivity contribution in [1.29, 1.82) is 0 Å². The highest BCUT2D eigenvalue weighted by atomic mass is 127. The molecule has 7 heteroatoms. The molecule has 0 spiro atoms. The molecule has 142 valence electrons. The summed E-state index contributed by atoms with van der Waals surface area (Å²) in [5, 5.41) is 16.2. The summed E-state index contributed by atoms with van der Waals surface area (Å²) in [7, 11) is 0. The van der Waals surface area contributed by atoms with Gasteiger partial charge in [-0.1, -0.05) is 12.1 Å². The number of aliphatic hydroxyl groups excluding tert-OH is 1. The van der Waals surface area contributed by atoms with Crippen LogP contribution in [0.1, 0.15) is 25.3 Å². The standard InChI is InChI=1S/C18H28FN3O2.HI/c1-2-20-18(21-9-8-14-4-3-5-16(19)10-14)22-11-17(23)13-24-12-15-6-7-15;/h3-5,10,15,17,23H,2,6-9,11-13H2,1H3,(H2,20,21,22);1H. The van der Waals surface area contributed by atoms with E-state index in [1.54, 1.807) is 6.07 Å². The zero-order valence-electron chi connectivity index (χ0n) is 14.7. The maximum Gasteiger partial charge on any atom is 0.191 e. The van der Waals surface area contributed by atoms with E-state index in [-0.39, 0.29) is 29.8 Å². The number of rotatable bonds is 10. The van der Waals surface area contributed by atoms with E-state index in [0.29, 0.717) is 38.0 Å². The fourth-order valence-electron chi connectivity index (χ4n) is 2.26. The Hall–Kier alpha value is -0.930. The van der Waals surface area contributed by atoms with Gasteiger partial charge in [-0.05, 0) is 49.8 Å². The molecule has 0 radical (unpaired) electrons. The number of hydrogen-bond donors (Lipinski definition) is 3. The Kier molecular flexibility index (Phi) is 11.0. The van der Waals surface area contributed by atoms with Crippen molar-refractivity contribution in [2.75, 3.05) is 32.8 Å². The SMILES string of the molecule is CCNC(=NCC(O)COCC1CC1)NCCc1cccc(F)c1.I. The van der Waals surface area contributed by atoms with E-state index in [1.807, 2.05) is 13.0 Å². The first kappa shape index (κ1) is 22.1. The topological polar surface area (TPSA) is 65.9 Å². The highest BCUT2D eigenvalue weighted by molar-refractivity contribution is 14.0. The molecule has 0 saturated heterocycles. The molecule has 1 saturated carbocycles. The van der Waals surface area contributed by atoms with Gasteiger partial charge in [0.05, 0.1) is 19.3 Å². The van der Waals surface area contributed by atoms with E-state index in [1.165, 1.54) is 25.0 Å². The molecule has 25 heavy (non-hydrogen) atoms. The van der Waals surface area contributed by atoms with Gasteiger partial charge in [0.2, 0.25) is 0 Å². The van der Waals surface area contributed by atoms with Crippen molar-refractivity contribution in [3.8, 4) is 0 Å². The highest BCUT2D eigenvalue weighted by Gasteiger charge is 2.21. The summed E-state index contributed by atoms with van der Waals surface area (Å²) in [6.07, 6.45) is 2.60. The van der Waals surface area contributed by atoms with E-state index < -0.39 is 6.10 Å². The molecule has 1 unspecified atom stereocenters. The number of ether oxygens (including phenoxy) is 1. The normalized spacial score (nSPS) is 15.4. The van der Waals surface area contributed by atoms with Crippen LogP contribution in [0.3, 0.4) is 0 Å². The number of benzene rings is 1. The van der Waals surface area contributed by atoms with Crippen LogP contribution in [-0.4, -0.2) is 50.0 Å². The Morgan fingerprint density at radius 2 is 2.20 bits per heavy atom. The number of aliphatic imine (C=N–C) groups is 1. The third kappa shape index (κ3) is 9.96. The molecule has 1 fully saturated rings. The quantitative estimate of drug-likeness (QED) is 0.282. The lowest BCUT2D eigenvalue weighted by Gasteiger charge is -2.13. The molecule has 1 aliphatic rings.